The van der Waals surface area contributed by atoms with Crippen molar-refractivity contribution in [2.45, 2.75) is 13.5 Å². The summed E-state index contributed by atoms with van der Waals surface area (Å²) in [6.45, 7) is 2.37. The summed E-state index contributed by atoms with van der Waals surface area (Å²) in [5, 5.41) is 16.2. The second-order valence-electron chi connectivity index (χ2n) is 4.74. The predicted molar refractivity (Wildman–Crippen MR) is 85.0 cm³/mol. The SMILES string of the molecule is CNC(=O)c1ccc(NCc2cc(Cl)ccc2O)c(C)c1. The van der Waals surface area contributed by atoms with Crippen molar-refractivity contribution in [2.75, 3.05) is 12.4 Å². The van der Waals surface area contributed by atoms with Crippen LogP contribution >= 0.6 is 11.6 Å². The maximum absolute atomic E-state index is 11.6. The Morgan fingerprint density at radius 2 is 2.00 bits per heavy atom. The molecule has 0 unspecified atom stereocenters. The molecule has 2 aromatic rings. The molecule has 0 heterocycles. The Morgan fingerprint density at radius 3 is 2.67 bits per heavy atom. The number of nitrogens with one attached hydrogen (secondary N) is 2. The highest BCUT2D eigenvalue weighted by atomic mass is 35.5. The second-order valence-corrected chi connectivity index (χ2v) is 5.17. The van der Waals surface area contributed by atoms with Gasteiger partial charge in [-0.2, -0.15) is 0 Å². The van der Waals surface area contributed by atoms with E-state index in [1.807, 2.05) is 19.1 Å². The Balaban J connectivity index is 2.13. The summed E-state index contributed by atoms with van der Waals surface area (Å²) in [5.41, 5.74) is 3.20. The average Bonchev–Trinajstić information content (AvgIpc) is 2.48. The lowest BCUT2D eigenvalue weighted by molar-refractivity contribution is 0.0963. The van der Waals surface area contributed by atoms with E-state index in [2.05, 4.69) is 10.6 Å². The lowest BCUT2D eigenvalue weighted by Gasteiger charge is -2.12. The van der Waals surface area contributed by atoms with Gasteiger partial charge < -0.3 is 15.7 Å². The zero-order valence-corrected chi connectivity index (χ0v) is 12.7. The Morgan fingerprint density at radius 1 is 1.24 bits per heavy atom. The molecule has 2 aromatic carbocycles. The van der Waals surface area contributed by atoms with Gasteiger partial charge in [0.15, 0.2) is 0 Å². The summed E-state index contributed by atoms with van der Waals surface area (Å²) in [6.07, 6.45) is 0. The Bertz CT molecular complexity index is 671. The number of hydrogen-bond acceptors (Lipinski definition) is 3. The van der Waals surface area contributed by atoms with E-state index >= 15 is 0 Å². The van der Waals surface area contributed by atoms with Gasteiger partial charge in [-0.3, -0.25) is 4.79 Å². The summed E-state index contributed by atoms with van der Waals surface area (Å²) in [6, 6.07) is 10.4. The number of phenols is 1. The molecule has 2 rings (SSSR count). The molecule has 0 aliphatic carbocycles. The first-order valence-corrected chi connectivity index (χ1v) is 6.93. The van der Waals surface area contributed by atoms with Gasteiger partial charge in [0.05, 0.1) is 0 Å². The van der Waals surface area contributed by atoms with Crippen molar-refractivity contribution in [3.8, 4) is 5.75 Å². The van der Waals surface area contributed by atoms with Crippen LogP contribution in [0.1, 0.15) is 21.5 Å². The van der Waals surface area contributed by atoms with Gasteiger partial charge in [0, 0.05) is 35.4 Å². The third-order valence-corrected chi connectivity index (χ3v) is 3.46. The summed E-state index contributed by atoms with van der Waals surface area (Å²) in [5.74, 6) is 0.0867. The van der Waals surface area contributed by atoms with Crippen molar-refractivity contribution in [1.82, 2.24) is 5.32 Å². The molecule has 21 heavy (non-hydrogen) atoms. The molecular formula is C16H17ClN2O2. The van der Waals surface area contributed by atoms with E-state index in [4.69, 9.17) is 11.6 Å². The van der Waals surface area contributed by atoms with E-state index in [0.717, 1.165) is 16.8 Å². The van der Waals surface area contributed by atoms with Crippen LogP contribution in [-0.4, -0.2) is 18.1 Å². The van der Waals surface area contributed by atoms with Crippen molar-refractivity contribution in [3.63, 3.8) is 0 Å². The van der Waals surface area contributed by atoms with Crippen LogP contribution in [0.3, 0.4) is 0 Å². The van der Waals surface area contributed by atoms with E-state index in [9.17, 15) is 9.90 Å². The second kappa shape index (κ2) is 6.50. The van der Waals surface area contributed by atoms with Gasteiger partial charge >= 0.3 is 0 Å². The van der Waals surface area contributed by atoms with Crippen molar-refractivity contribution < 1.29 is 9.90 Å². The molecule has 0 atom stereocenters. The zero-order chi connectivity index (χ0) is 15.4. The molecule has 1 amide bonds. The van der Waals surface area contributed by atoms with Crippen LogP contribution in [0, 0.1) is 6.92 Å². The Labute approximate surface area is 128 Å². The van der Waals surface area contributed by atoms with E-state index < -0.39 is 0 Å². The highest BCUT2D eigenvalue weighted by molar-refractivity contribution is 6.30. The summed E-state index contributed by atoms with van der Waals surface area (Å²) in [4.78, 5) is 11.6. The quantitative estimate of drug-likeness (QED) is 0.812. The van der Waals surface area contributed by atoms with E-state index in [-0.39, 0.29) is 11.7 Å². The minimum Gasteiger partial charge on any atom is -0.508 e. The molecule has 0 aliphatic rings. The molecule has 0 saturated carbocycles. The lowest BCUT2D eigenvalue weighted by atomic mass is 10.1. The molecule has 0 aromatic heterocycles. The normalized spacial score (nSPS) is 10.2. The number of carbonyl (C=O) groups excluding carboxylic acids is 1. The van der Waals surface area contributed by atoms with Crippen LogP contribution in [0.5, 0.6) is 5.75 Å². The third kappa shape index (κ3) is 3.67. The number of benzene rings is 2. The largest absolute Gasteiger partial charge is 0.508 e. The van der Waals surface area contributed by atoms with Gasteiger partial charge in [-0.15, -0.1) is 0 Å². The standard InChI is InChI=1S/C16H17ClN2O2/c1-10-7-11(16(21)18-2)3-5-14(10)19-9-12-8-13(17)4-6-15(12)20/h3-8,19-20H,9H2,1-2H3,(H,18,21). The first-order chi connectivity index (χ1) is 10.0. The monoisotopic (exact) mass is 304 g/mol. The predicted octanol–water partition coefficient (Wildman–Crippen LogP) is 3.33. The molecule has 110 valence electrons. The molecule has 0 radical (unpaired) electrons. The van der Waals surface area contributed by atoms with Gasteiger partial charge in [0.1, 0.15) is 5.75 Å². The number of amides is 1. The van der Waals surface area contributed by atoms with Crippen LogP contribution < -0.4 is 10.6 Å². The minimum atomic E-state index is -0.114. The molecule has 0 bridgehead atoms. The van der Waals surface area contributed by atoms with E-state index in [1.165, 1.54) is 0 Å². The summed E-state index contributed by atoms with van der Waals surface area (Å²) in [7, 11) is 1.60. The first-order valence-electron chi connectivity index (χ1n) is 6.55. The number of anilines is 1. The Hall–Kier alpha value is -2.20. The van der Waals surface area contributed by atoms with Crippen LogP contribution in [0.15, 0.2) is 36.4 Å². The molecule has 0 fully saturated rings. The smallest absolute Gasteiger partial charge is 0.251 e. The maximum atomic E-state index is 11.6. The topological polar surface area (TPSA) is 61.4 Å². The molecule has 0 aliphatic heterocycles. The number of phenolic OH excluding ortho intramolecular Hbond substituents is 1. The highest BCUT2D eigenvalue weighted by Crippen LogP contribution is 2.23. The minimum absolute atomic E-state index is 0.114. The highest BCUT2D eigenvalue weighted by Gasteiger charge is 2.07. The first kappa shape index (κ1) is 15.2. The maximum Gasteiger partial charge on any atom is 0.251 e. The van der Waals surface area contributed by atoms with Crippen molar-refractivity contribution in [1.29, 1.82) is 0 Å². The molecular weight excluding hydrogens is 288 g/mol. The number of aryl methyl sites for hydroxylation is 1. The van der Waals surface area contributed by atoms with Gasteiger partial charge in [-0.25, -0.2) is 0 Å². The van der Waals surface area contributed by atoms with Gasteiger partial charge in [-0.1, -0.05) is 11.6 Å². The van der Waals surface area contributed by atoms with Crippen molar-refractivity contribution in [3.05, 3.63) is 58.1 Å². The lowest BCUT2D eigenvalue weighted by Crippen LogP contribution is -2.17. The number of aromatic hydroxyl groups is 1. The van der Waals surface area contributed by atoms with Crippen LogP contribution in [0.25, 0.3) is 0 Å². The summed E-state index contributed by atoms with van der Waals surface area (Å²) >= 11 is 5.92. The molecule has 0 spiro atoms. The molecule has 3 N–H and O–H groups in total. The van der Waals surface area contributed by atoms with Crippen molar-refractivity contribution in [2.24, 2.45) is 0 Å². The number of hydrogen-bond donors (Lipinski definition) is 3. The third-order valence-electron chi connectivity index (χ3n) is 3.23. The van der Waals surface area contributed by atoms with Gasteiger partial charge in [-0.05, 0) is 48.9 Å². The van der Waals surface area contributed by atoms with Crippen LogP contribution in [-0.2, 0) is 6.54 Å². The fourth-order valence-electron chi connectivity index (χ4n) is 2.03. The fraction of sp³-hybridized carbons (Fsp3) is 0.188. The zero-order valence-electron chi connectivity index (χ0n) is 11.9. The average molecular weight is 305 g/mol. The molecule has 5 heteroatoms. The van der Waals surface area contributed by atoms with Crippen LogP contribution in [0.2, 0.25) is 5.02 Å². The molecule has 0 saturated heterocycles. The van der Waals surface area contributed by atoms with Crippen molar-refractivity contribution >= 4 is 23.2 Å². The number of rotatable bonds is 4. The van der Waals surface area contributed by atoms with E-state index in [0.29, 0.717) is 17.1 Å². The van der Waals surface area contributed by atoms with Gasteiger partial charge in [0.25, 0.3) is 5.91 Å². The van der Waals surface area contributed by atoms with Crippen LogP contribution in [0.4, 0.5) is 5.69 Å². The molecule has 4 nitrogen and oxygen atoms in total. The Kier molecular flexibility index (Phi) is 4.70. The fourth-order valence-corrected chi connectivity index (χ4v) is 2.23. The summed E-state index contributed by atoms with van der Waals surface area (Å²) < 4.78 is 0. The number of carbonyl (C=O) groups is 1. The van der Waals surface area contributed by atoms with Gasteiger partial charge in [0.2, 0.25) is 0 Å². The number of halogens is 1. The van der Waals surface area contributed by atoms with E-state index in [1.54, 1.807) is 31.3 Å².